The number of rotatable bonds is 3. The number of amides is 1. The minimum atomic E-state index is 0.152. The van der Waals surface area contributed by atoms with E-state index in [4.69, 9.17) is 0 Å². The Morgan fingerprint density at radius 2 is 1.89 bits per heavy atom. The zero-order chi connectivity index (χ0) is 19.3. The van der Waals surface area contributed by atoms with Crippen molar-refractivity contribution in [2.75, 3.05) is 0 Å². The molecule has 1 amide bonds. The number of carbonyl (C=O) groups is 1. The largest absolute Gasteiger partial charge is 0.333 e. The molecule has 0 N–H and O–H groups in total. The third-order valence-electron chi connectivity index (χ3n) is 5.97. The van der Waals surface area contributed by atoms with Crippen LogP contribution >= 0.6 is 0 Å². The first-order valence-corrected chi connectivity index (χ1v) is 9.90. The number of aryl methyl sites for hydroxylation is 2. The van der Waals surface area contributed by atoms with Crippen LogP contribution < -0.4 is 0 Å². The van der Waals surface area contributed by atoms with E-state index in [0.29, 0.717) is 6.54 Å². The van der Waals surface area contributed by atoms with Crippen LogP contribution in [0, 0.1) is 13.8 Å². The Bertz CT molecular complexity index is 1020. The van der Waals surface area contributed by atoms with Crippen LogP contribution in [-0.2, 0) is 24.3 Å². The molecule has 2 aliphatic heterocycles. The Labute approximate surface area is 164 Å². The lowest BCUT2D eigenvalue weighted by Gasteiger charge is -2.28. The molecule has 2 aliphatic rings. The molecule has 2 aromatic heterocycles. The van der Waals surface area contributed by atoms with Crippen molar-refractivity contribution in [3.8, 4) is 11.4 Å². The molecule has 2 atom stereocenters. The van der Waals surface area contributed by atoms with Crippen molar-refractivity contribution in [1.29, 1.82) is 0 Å². The summed E-state index contributed by atoms with van der Waals surface area (Å²) in [4.78, 5) is 15.3. The van der Waals surface area contributed by atoms with E-state index in [1.54, 1.807) is 0 Å². The van der Waals surface area contributed by atoms with E-state index in [1.807, 2.05) is 42.8 Å². The number of benzene rings is 1. The Balaban J connectivity index is 1.42. The highest BCUT2D eigenvalue weighted by molar-refractivity contribution is 5.77. The maximum Gasteiger partial charge on any atom is 0.244 e. The molecule has 0 spiro atoms. The summed E-state index contributed by atoms with van der Waals surface area (Å²) in [5.74, 6) is 2.03. The zero-order valence-electron chi connectivity index (χ0n) is 16.2. The molecule has 0 radical (unpaired) electrons. The van der Waals surface area contributed by atoms with Gasteiger partial charge in [0.25, 0.3) is 0 Å². The second kappa shape index (κ2) is 6.58. The fourth-order valence-electron chi connectivity index (χ4n) is 4.69. The summed E-state index contributed by atoms with van der Waals surface area (Å²) in [6.45, 7) is 5.02. The highest BCUT2D eigenvalue weighted by atomic mass is 16.2. The minimum Gasteiger partial charge on any atom is -0.333 e. The van der Waals surface area contributed by atoms with E-state index in [1.165, 1.54) is 0 Å². The molecule has 3 aromatic rings. The first-order chi connectivity index (χ1) is 13.6. The summed E-state index contributed by atoms with van der Waals surface area (Å²) >= 11 is 0. The fourth-order valence-corrected chi connectivity index (χ4v) is 4.69. The van der Waals surface area contributed by atoms with Crippen LogP contribution in [0.5, 0.6) is 0 Å². The van der Waals surface area contributed by atoms with Crippen LogP contribution in [0.15, 0.2) is 36.4 Å². The first kappa shape index (κ1) is 17.2. The standard InChI is InChI=1S/C21H24N6O/c1-14-10-15(2)26(24-14)13-20(28)27-17-8-9-18(27)12-25-19(11-17)22-23-21(25)16-6-4-3-5-7-16/h3-7,10,17-18H,8-9,11-13H2,1-2H3. The molecule has 0 saturated carbocycles. The third kappa shape index (κ3) is 2.82. The van der Waals surface area contributed by atoms with E-state index in [-0.39, 0.29) is 18.0 Å². The van der Waals surface area contributed by atoms with Gasteiger partial charge in [0.1, 0.15) is 12.4 Å². The Kier molecular flexibility index (Phi) is 4.03. The number of hydrogen-bond acceptors (Lipinski definition) is 4. The van der Waals surface area contributed by atoms with Gasteiger partial charge in [-0.2, -0.15) is 5.10 Å². The Hall–Kier alpha value is -2.96. The summed E-state index contributed by atoms with van der Waals surface area (Å²) in [6.07, 6.45) is 2.82. The topological polar surface area (TPSA) is 68.8 Å². The van der Waals surface area contributed by atoms with E-state index in [2.05, 4.69) is 36.9 Å². The molecule has 1 fully saturated rings. The van der Waals surface area contributed by atoms with Gasteiger partial charge in [0, 0.05) is 30.3 Å². The van der Waals surface area contributed by atoms with Crippen molar-refractivity contribution in [3.63, 3.8) is 0 Å². The maximum atomic E-state index is 13.2. The van der Waals surface area contributed by atoms with Gasteiger partial charge in [-0.15, -0.1) is 10.2 Å². The molecular weight excluding hydrogens is 352 g/mol. The highest BCUT2D eigenvalue weighted by Gasteiger charge is 2.41. The molecule has 2 unspecified atom stereocenters. The van der Waals surface area contributed by atoms with E-state index >= 15 is 0 Å². The number of hydrogen-bond donors (Lipinski definition) is 0. The summed E-state index contributed by atoms with van der Waals surface area (Å²) in [7, 11) is 0. The number of carbonyl (C=O) groups excluding carboxylic acids is 1. The zero-order valence-corrected chi connectivity index (χ0v) is 16.2. The van der Waals surface area contributed by atoms with Crippen LogP contribution in [0.4, 0.5) is 0 Å². The van der Waals surface area contributed by atoms with Gasteiger partial charge in [0.05, 0.1) is 11.7 Å². The van der Waals surface area contributed by atoms with Gasteiger partial charge in [-0.25, -0.2) is 0 Å². The Morgan fingerprint density at radius 3 is 2.64 bits per heavy atom. The Morgan fingerprint density at radius 1 is 1.11 bits per heavy atom. The predicted molar refractivity (Wildman–Crippen MR) is 105 cm³/mol. The van der Waals surface area contributed by atoms with Crippen LogP contribution in [-0.4, -0.2) is 47.4 Å². The van der Waals surface area contributed by atoms with Crippen molar-refractivity contribution in [2.24, 2.45) is 0 Å². The van der Waals surface area contributed by atoms with Crippen molar-refractivity contribution < 1.29 is 4.79 Å². The molecule has 7 heteroatoms. The number of aromatic nitrogens is 5. The van der Waals surface area contributed by atoms with E-state index in [0.717, 1.165) is 54.4 Å². The van der Waals surface area contributed by atoms with Gasteiger partial charge in [0.15, 0.2) is 5.82 Å². The molecule has 4 heterocycles. The van der Waals surface area contributed by atoms with Crippen LogP contribution in [0.25, 0.3) is 11.4 Å². The average molecular weight is 376 g/mol. The fraction of sp³-hybridized carbons (Fsp3) is 0.429. The van der Waals surface area contributed by atoms with Crippen molar-refractivity contribution >= 4 is 5.91 Å². The lowest BCUT2D eigenvalue weighted by atomic mass is 10.1. The van der Waals surface area contributed by atoms with Crippen LogP contribution in [0.3, 0.4) is 0 Å². The van der Waals surface area contributed by atoms with Crippen molar-refractivity contribution in [2.45, 2.75) is 58.3 Å². The van der Waals surface area contributed by atoms with Crippen LogP contribution in [0.2, 0.25) is 0 Å². The van der Waals surface area contributed by atoms with Gasteiger partial charge >= 0.3 is 0 Å². The third-order valence-corrected chi connectivity index (χ3v) is 5.97. The summed E-state index contributed by atoms with van der Waals surface area (Å²) in [5.41, 5.74) is 3.04. The minimum absolute atomic E-state index is 0.152. The average Bonchev–Trinajstić information content (AvgIpc) is 3.31. The summed E-state index contributed by atoms with van der Waals surface area (Å²) < 4.78 is 4.03. The predicted octanol–water partition coefficient (Wildman–Crippen LogP) is 2.37. The monoisotopic (exact) mass is 376 g/mol. The van der Waals surface area contributed by atoms with Gasteiger partial charge in [-0.1, -0.05) is 30.3 Å². The van der Waals surface area contributed by atoms with Crippen molar-refractivity contribution in [3.05, 3.63) is 53.6 Å². The molecule has 1 saturated heterocycles. The maximum absolute atomic E-state index is 13.2. The SMILES string of the molecule is Cc1cc(C)n(CC(=O)N2C3CCC2Cn2c(nnc2-c2ccccc2)C3)n1. The lowest BCUT2D eigenvalue weighted by Crippen LogP contribution is -2.44. The van der Waals surface area contributed by atoms with E-state index in [9.17, 15) is 4.79 Å². The molecular formula is C21H24N6O. The van der Waals surface area contributed by atoms with E-state index < -0.39 is 0 Å². The van der Waals surface area contributed by atoms with Gasteiger partial charge in [-0.05, 0) is 32.8 Å². The molecule has 28 heavy (non-hydrogen) atoms. The molecule has 7 nitrogen and oxygen atoms in total. The molecule has 144 valence electrons. The lowest BCUT2D eigenvalue weighted by molar-refractivity contribution is -0.135. The quantitative estimate of drug-likeness (QED) is 0.704. The summed E-state index contributed by atoms with van der Waals surface area (Å²) in [5, 5.41) is 13.4. The number of fused-ring (bicyclic) bond motifs is 3. The summed E-state index contributed by atoms with van der Waals surface area (Å²) in [6, 6.07) is 12.6. The first-order valence-electron chi connectivity index (χ1n) is 9.90. The molecule has 5 rings (SSSR count). The molecule has 0 aliphatic carbocycles. The van der Waals surface area contributed by atoms with Gasteiger partial charge in [0.2, 0.25) is 5.91 Å². The molecule has 2 bridgehead atoms. The van der Waals surface area contributed by atoms with Crippen molar-refractivity contribution in [1.82, 2.24) is 29.4 Å². The normalized spacial score (nSPS) is 20.9. The second-order valence-corrected chi connectivity index (χ2v) is 7.89. The van der Waals surface area contributed by atoms with Gasteiger partial charge in [-0.3, -0.25) is 9.48 Å². The highest BCUT2D eigenvalue weighted by Crippen LogP contribution is 2.33. The number of nitrogens with zero attached hydrogens (tertiary/aromatic N) is 6. The second-order valence-electron chi connectivity index (χ2n) is 7.89. The molecule has 1 aromatic carbocycles. The van der Waals surface area contributed by atoms with Gasteiger partial charge < -0.3 is 9.47 Å². The van der Waals surface area contributed by atoms with Crippen LogP contribution in [0.1, 0.15) is 30.1 Å². The smallest absolute Gasteiger partial charge is 0.244 e.